The van der Waals surface area contributed by atoms with Gasteiger partial charge in [-0.2, -0.15) is 5.26 Å². The highest BCUT2D eigenvalue weighted by Gasteiger charge is 2.29. The molecule has 2 aromatic rings. The Bertz CT molecular complexity index is 843. The van der Waals surface area contributed by atoms with Gasteiger partial charge < -0.3 is 4.74 Å². The molecule has 21 heavy (non-hydrogen) atoms. The Labute approximate surface area is 121 Å². The molecule has 1 aromatic heterocycles. The van der Waals surface area contributed by atoms with Crippen molar-refractivity contribution in [3.8, 4) is 11.8 Å². The number of rotatable bonds is 0. The number of aliphatic imine (C=N–C) groups is 1. The van der Waals surface area contributed by atoms with Crippen LogP contribution in [0, 0.1) is 11.3 Å². The second-order valence-corrected chi connectivity index (χ2v) is 5.09. The summed E-state index contributed by atoms with van der Waals surface area (Å²) in [6.45, 7) is 3.61. The van der Waals surface area contributed by atoms with Gasteiger partial charge in [0.15, 0.2) is 5.72 Å². The van der Waals surface area contributed by atoms with Crippen LogP contribution in [0.3, 0.4) is 0 Å². The van der Waals surface area contributed by atoms with Crippen molar-refractivity contribution < 1.29 is 4.74 Å². The molecule has 2 heterocycles. The minimum atomic E-state index is -0.792. The van der Waals surface area contributed by atoms with Crippen LogP contribution in [-0.4, -0.2) is 21.1 Å². The van der Waals surface area contributed by atoms with Gasteiger partial charge in [0.2, 0.25) is 0 Å². The van der Waals surface area contributed by atoms with Crippen LogP contribution >= 0.6 is 0 Å². The molecule has 1 aliphatic rings. The maximum Gasteiger partial charge on any atom is 0.274 e. The monoisotopic (exact) mass is 280 g/mol. The molecule has 3 rings (SSSR count). The molecule has 1 aliphatic heterocycles. The number of benzene rings is 1. The first-order chi connectivity index (χ1) is 10.00. The summed E-state index contributed by atoms with van der Waals surface area (Å²) in [5.41, 5.74) is 0.00921. The van der Waals surface area contributed by atoms with Crippen molar-refractivity contribution in [2.45, 2.75) is 19.6 Å². The van der Waals surface area contributed by atoms with E-state index in [1.165, 1.54) is 17.0 Å². The van der Waals surface area contributed by atoms with Gasteiger partial charge in [-0.15, -0.1) is 0 Å². The van der Waals surface area contributed by atoms with E-state index in [1.54, 1.807) is 38.2 Å². The number of hydrogen-bond acceptors (Lipinski definition) is 5. The Morgan fingerprint density at radius 1 is 1.38 bits per heavy atom. The fourth-order valence-corrected chi connectivity index (χ4v) is 2.18. The maximum absolute atomic E-state index is 12.0. The Morgan fingerprint density at radius 3 is 2.90 bits per heavy atom. The Morgan fingerprint density at radius 2 is 2.19 bits per heavy atom. The van der Waals surface area contributed by atoms with E-state index < -0.39 is 5.72 Å². The van der Waals surface area contributed by atoms with Crippen LogP contribution in [0.4, 0.5) is 0 Å². The lowest BCUT2D eigenvalue weighted by Crippen LogP contribution is -2.37. The fraction of sp³-hybridized carbons (Fsp3) is 0.200. The normalized spacial score (nSPS) is 15.4. The predicted molar refractivity (Wildman–Crippen MR) is 76.3 cm³/mol. The van der Waals surface area contributed by atoms with Crippen LogP contribution in [0.2, 0.25) is 0 Å². The molecule has 0 spiro atoms. The van der Waals surface area contributed by atoms with Crippen molar-refractivity contribution in [3.05, 3.63) is 58.3 Å². The summed E-state index contributed by atoms with van der Waals surface area (Å²) < 4.78 is 7.18. The van der Waals surface area contributed by atoms with E-state index in [9.17, 15) is 4.79 Å². The van der Waals surface area contributed by atoms with Crippen molar-refractivity contribution in [3.63, 3.8) is 0 Å². The largest absolute Gasteiger partial charge is 0.466 e. The summed E-state index contributed by atoms with van der Waals surface area (Å²) in [7, 11) is 0. The molecule has 0 saturated heterocycles. The Balaban J connectivity index is 2.29. The van der Waals surface area contributed by atoms with Crippen molar-refractivity contribution in [2.24, 2.45) is 4.99 Å². The fourth-order valence-electron chi connectivity index (χ4n) is 2.18. The molecule has 0 radical (unpaired) electrons. The van der Waals surface area contributed by atoms with E-state index in [0.717, 1.165) is 0 Å². The zero-order valence-electron chi connectivity index (χ0n) is 11.6. The molecule has 0 N–H and O–H groups in total. The molecule has 0 aliphatic carbocycles. The molecule has 0 amide bonds. The molecule has 6 heteroatoms. The summed E-state index contributed by atoms with van der Waals surface area (Å²) in [6.07, 6.45) is 4.28. The van der Waals surface area contributed by atoms with Crippen molar-refractivity contribution >= 4 is 5.84 Å². The lowest BCUT2D eigenvalue weighted by Gasteiger charge is -2.30. The van der Waals surface area contributed by atoms with Crippen molar-refractivity contribution in [2.75, 3.05) is 0 Å². The molecular weight excluding hydrogens is 268 g/mol. The Hall–Kier alpha value is -2.94. The summed E-state index contributed by atoms with van der Waals surface area (Å²) in [5.74, 6) is 1.04. The van der Waals surface area contributed by atoms with Gasteiger partial charge in [0.05, 0.1) is 23.4 Å². The van der Waals surface area contributed by atoms with E-state index in [-0.39, 0.29) is 5.56 Å². The number of hydrogen-bond donors (Lipinski definition) is 0. The van der Waals surface area contributed by atoms with Gasteiger partial charge in [-0.1, -0.05) is 0 Å². The van der Waals surface area contributed by atoms with Gasteiger partial charge in [0.1, 0.15) is 11.6 Å². The molecule has 1 aromatic carbocycles. The number of nitrogens with zero attached hydrogens (tertiary/aromatic N) is 4. The van der Waals surface area contributed by atoms with E-state index in [4.69, 9.17) is 10.00 Å². The second kappa shape index (κ2) is 4.56. The van der Waals surface area contributed by atoms with Crippen LogP contribution in [0.5, 0.6) is 5.75 Å². The van der Waals surface area contributed by atoms with E-state index in [2.05, 4.69) is 16.0 Å². The SMILES string of the molecule is CC1(C)N=C(n2ccncc2=O)c2cc(C#N)ccc2O1. The highest BCUT2D eigenvalue weighted by Crippen LogP contribution is 2.31. The standard InChI is InChI=1S/C15H12N4O2/c1-15(2)18-14(19-6-5-17-9-13(19)20)11-7-10(8-16)3-4-12(11)21-15/h3-7,9H,1-2H3. The number of nitriles is 1. The zero-order chi connectivity index (χ0) is 15.0. The highest BCUT2D eigenvalue weighted by molar-refractivity contribution is 6.03. The van der Waals surface area contributed by atoms with Gasteiger partial charge in [0.25, 0.3) is 5.56 Å². The Kier molecular flexibility index (Phi) is 2.84. The second-order valence-electron chi connectivity index (χ2n) is 5.09. The zero-order valence-corrected chi connectivity index (χ0v) is 11.6. The van der Waals surface area contributed by atoms with Crippen LogP contribution in [0.25, 0.3) is 0 Å². The first kappa shape index (κ1) is 13.1. The third-order valence-corrected chi connectivity index (χ3v) is 3.04. The van der Waals surface area contributed by atoms with E-state index in [1.807, 2.05) is 0 Å². The quantitative estimate of drug-likeness (QED) is 0.733. The smallest absolute Gasteiger partial charge is 0.274 e. The van der Waals surface area contributed by atoms with Gasteiger partial charge in [-0.3, -0.25) is 14.3 Å². The number of aromatic nitrogens is 2. The summed E-state index contributed by atoms with van der Waals surface area (Å²) >= 11 is 0. The number of fused-ring (bicyclic) bond motifs is 1. The van der Waals surface area contributed by atoms with Crippen LogP contribution in [0.15, 0.2) is 46.6 Å². The third-order valence-electron chi connectivity index (χ3n) is 3.04. The predicted octanol–water partition coefficient (Wildman–Crippen LogP) is 1.54. The molecule has 0 saturated carbocycles. The lowest BCUT2D eigenvalue weighted by atomic mass is 10.1. The van der Waals surface area contributed by atoms with Crippen molar-refractivity contribution in [1.29, 1.82) is 5.26 Å². The average molecular weight is 280 g/mol. The topological polar surface area (TPSA) is 80.3 Å². The first-order valence-electron chi connectivity index (χ1n) is 6.37. The molecule has 0 atom stereocenters. The van der Waals surface area contributed by atoms with E-state index in [0.29, 0.717) is 22.7 Å². The molecule has 0 bridgehead atoms. The third kappa shape index (κ3) is 2.30. The minimum absolute atomic E-state index is 0.290. The average Bonchev–Trinajstić information content (AvgIpc) is 2.46. The van der Waals surface area contributed by atoms with Gasteiger partial charge in [0, 0.05) is 12.4 Å². The molecular formula is C15H12N4O2. The van der Waals surface area contributed by atoms with Gasteiger partial charge in [-0.05, 0) is 32.0 Å². The van der Waals surface area contributed by atoms with Crippen molar-refractivity contribution in [1.82, 2.24) is 9.55 Å². The van der Waals surface area contributed by atoms with Gasteiger partial charge in [-0.25, -0.2) is 4.99 Å². The highest BCUT2D eigenvalue weighted by atomic mass is 16.5. The lowest BCUT2D eigenvalue weighted by molar-refractivity contribution is 0.114. The molecule has 6 nitrogen and oxygen atoms in total. The first-order valence-corrected chi connectivity index (χ1v) is 6.37. The van der Waals surface area contributed by atoms with E-state index >= 15 is 0 Å². The minimum Gasteiger partial charge on any atom is -0.466 e. The summed E-state index contributed by atoms with van der Waals surface area (Å²) in [6, 6.07) is 7.13. The maximum atomic E-state index is 12.0. The summed E-state index contributed by atoms with van der Waals surface area (Å²) in [5, 5.41) is 9.04. The van der Waals surface area contributed by atoms with Crippen LogP contribution in [0.1, 0.15) is 25.0 Å². The number of ether oxygens (including phenoxy) is 1. The van der Waals surface area contributed by atoms with Crippen LogP contribution < -0.4 is 10.3 Å². The molecule has 0 fully saturated rings. The molecule has 104 valence electrons. The van der Waals surface area contributed by atoms with Gasteiger partial charge >= 0.3 is 0 Å². The summed E-state index contributed by atoms with van der Waals surface area (Å²) in [4.78, 5) is 20.3. The molecule has 0 unspecified atom stereocenters. The van der Waals surface area contributed by atoms with Crippen LogP contribution in [-0.2, 0) is 0 Å².